The number of carbonyl (C=O) groups excluding carboxylic acids is 1. The summed E-state index contributed by atoms with van der Waals surface area (Å²) in [5, 5.41) is 10.5. The molecule has 1 amide bonds. The van der Waals surface area contributed by atoms with Crippen LogP contribution >= 0.6 is 0 Å². The van der Waals surface area contributed by atoms with E-state index in [2.05, 4.69) is 27.5 Å². The number of carbonyl (C=O) groups is 1. The van der Waals surface area contributed by atoms with Crippen LogP contribution in [0.4, 0.5) is 5.69 Å². The highest BCUT2D eigenvalue weighted by atomic mass is 16.6. The standard InChI is InChI=1S/C19H22N4O4/c1-12-7-9-23(10-8-12)11-13-3-5-16(26-13)19(24)20-14-4-6-15(25-2)18-17(14)21-27-22-18/h3-6,12H,7-11H2,1-2H3,(H,20,24). The molecule has 4 rings (SSSR count). The minimum absolute atomic E-state index is 0.260. The van der Waals surface area contributed by atoms with Crippen molar-refractivity contribution in [2.75, 3.05) is 25.5 Å². The average molecular weight is 370 g/mol. The summed E-state index contributed by atoms with van der Waals surface area (Å²) in [6.07, 6.45) is 2.40. The van der Waals surface area contributed by atoms with Gasteiger partial charge >= 0.3 is 0 Å². The van der Waals surface area contributed by atoms with Gasteiger partial charge in [0.2, 0.25) is 0 Å². The Labute approximate surface area is 156 Å². The summed E-state index contributed by atoms with van der Waals surface area (Å²) < 4.78 is 15.7. The Balaban J connectivity index is 1.45. The molecule has 0 bridgehead atoms. The van der Waals surface area contributed by atoms with Gasteiger partial charge in [0.15, 0.2) is 22.5 Å². The third-order valence-corrected chi connectivity index (χ3v) is 4.99. The lowest BCUT2D eigenvalue weighted by molar-refractivity contribution is 0.0991. The summed E-state index contributed by atoms with van der Waals surface area (Å²) in [7, 11) is 1.54. The Hall–Kier alpha value is -2.87. The van der Waals surface area contributed by atoms with Crippen LogP contribution < -0.4 is 10.1 Å². The largest absolute Gasteiger partial charge is 0.494 e. The van der Waals surface area contributed by atoms with Crippen molar-refractivity contribution < 1.29 is 18.6 Å². The van der Waals surface area contributed by atoms with Gasteiger partial charge < -0.3 is 14.5 Å². The second kappa shape index (κ2) is 7.40. The van der Waals surface area contributed by atoms with E-state index in [1.54, 1.807) is 18.2 Å². The molecule has 2 aromatic heterocycles. The lowest BCUT2D eigenvalue weighted by Gasteiger charge is -2.29. The first-order valence-electron chi connectivity index (χ1n) is 9.05. The Bertz CT molecular complexity index is 940. The molecule has 1 aliphatic rings. The van der Waals surface area contributed by atoms with Crippen molar-refractivity contribution >= 4 is 22.6 Å². The summed E-state index contributed by atoms with van der Waals surface area (Å²) in [5.41, 5.74) is 1.37. The minimum atomic E-state index is -0.344. The highest BCUT2D eigenvalue weighted by Gasteiger charge is 2.19. The van der Waals surface area contributed by atoms with E-state index in [-0.39, 0.29) is 11.7 Å². The number of nitrogens with zero attached hydrogens (tertiary/aromatic N) is 3. The first-order chi connectivity index (χ1) is 13.1. The van der Waals surface area contributed by atoms with Gasteiger partial charge in [-0.25, -0.2) is 4.63 Å². The zero-order chi connectivity index (χ0) is 18.8. The zero-order valence-corrected chi connectivity index (χ0v) is 15.4. The molecular formula is C19H22N4O4. The molecule has 0 aliphatic carbocycles. The fourth-order valence-electron chi connectivity index (χ4n) is 3.32. The number of fused-ring (bicyclic) bond motifs is 1. The van der Waals surface area contributed by atoms with Crippen molar-refractivity contribution in [3.8, 4) is 5.75 Å². The van der Waals surface area contributed by atoms with Crippen molar-refractivity contribution in [1.82, 2.24) is 15.2 Å². The quantitative estimate of drug-likeness (QED) is 0.736. The Kier molecular flexibility index (Phi) is 4.81. The maximum absolute atomic E-state index is 12.6. The van der Waals surface area contributed by atoms with E-state index in [1.807, 2.05) is 6.07 Å². The molecule has 0 saturated carbocycles. The molecule has 1 fully saturated rings. The maximum atomic E-state index is 12.6. The molecule has 8 nitrogen and oxygen atoms in total. The minimum Gasteiger partial charge on any atom is -0.494 e. The maximum Gasteiger partial charge on any atom is 0.291 e. The van der Waals surface area contributed by atoms with E-state index in [4.69, 9.17) is 13.8 Å². The van der Waals surface area contributed by atoms with Gasteiger partial charge in [-0.3, -0.25) is 9.69 Å². The van der Waals surface area contributed by atoms with Gasteiger partial charge in [0.25, 0.3) is 5.91 Å². The number of rotatable bonds is 5. The second-order valence-electron chi connectivity index (χ2n) is 6.96. The highest BCUT2D eigenvalue weighted by molar-refractivity contribution is 6.07. The third kappa shape index (κ3) is 3.66. The van der Waals surface area contributed by atoms with E-state index >= 15 is 0 Å². The van der Waals surface area contributed by atoms with Crippen LogP contribution in [0, 0.1) is 5.92 Å². The number of aromatic nitrogens is 2. The van der Waals surface area contributed by atoms with Crippen LogP contribution in [-0.2, 0) is 6.54 Å². The van der Waals surface area contributed by atoms with Gasteiger partial charge in [-0.2, -0.15) is 0 Å². The molecule has 1 aliphatic heterocycles. The molecule has 142 valence electrons. The molecule has 27 heavy (non-hydrogen) atoms. The van der Waals surface area contributed by atoms with E-state index in [0.717, 1.165) is 31.3 Å². The van der Waals surface area contributed by atoms with E-state index in [9.17, 15) is 4.79 Å². The van der Waals surface area contributed by atoms with Crippen LogP contribution in [0.3, 0.4) is 0 Å². The van der Waals surface area contributed by atoms with Gasteiger partial charge in [-0.05, 0) is 66.4 Å². The monoisotopic (exact) mass is 370 g/mol. The van der Waals surface area contributed by atoms with Crippen LogP contribution in [0.5, 0.6) is 5.75 Å². The van der Waals surface area contributed by atoms with Crippen molar-refractivity contribution in [2.45, 2.75) is 26.3 Å². The number of likely N-dealkylation sites (tertiary alicyclic amines) is 1. The lowest BCUT2D eigenvalue weighted by atomic mass is 9.99. The van der Waals surface area contributed by atoms with Crippen LogP contribution in [0.15, 0.2) is 33.3 Å². The summed E-state index contributed by atoms with van der Waals surface area (Å²) in [4.78, 5) is 14.9. The number of amides is 1. The molecule has 1 N–H and O–H groups in total. The number of nitrogens with one attached hydrogen (secondary N) is 1. The number of furan rings is 1. The van der Waals surface area contributed by atoms with Crippen LogP contribution in [0.1, 0.15) is 36.1 Å². The van der Waals surface area contributed by atoms with E-state index in [0.29, 0.717) is 22.5 Å². The number of methoxy groups -OCH3 is 1. The number of ether oxygens (including phenoxy) is 1. The molecular weight excluding hydrogens is 348 g/mol. The Morgan fingerprint density at radius 2 is 2.00 bits per heavy atom. The van der Waals surface area contributed by atoms with Gasteiger partial charge in [0.1, 0.15) is 5.76 Å². The average Bonchev–Trinajstić information content (AvgIpc) is 3.34. The predicted molar refractivity (Wildman–Crippen MR) is 98.7 cm³/mol. The van der Waals surface area contributed by atoms with Gasteiger partial charge in [0, 0.05) is 0 Å². The molecule has 8 heteroatoms. The van der Waals surface area contributed by atoms with Gasteiger partial charge in [-0.15, -0.1) is 0 Å². The Morgan fingerprint density at radius 1 is 1.22 bits per heavy atom. The fourth-order valence-corrected chi connectivity index (χ4v) is 3.32. The number of hydrogen-bond donors (Lipinski definition) is 1. The van der Waals surface area contributed by atoms with Crippen molar-refractivity contribution in [3.05, 3.63) is 35.8 Å². The Morgan fingerprint density at radius 3 is 2.78 bits per heavy atom. The topological polar surface area (TPSA) is 93.6 Å². The number of piperidine rings is 1. The molecule has 1 aromatic carbocycles. The van der Waals surface area contributed by atoms with Crippen molar-refractivity contribution in [3.63, 3.8) is 0 Å². The molecule has 0 unspecified atom stereocenters. The van der Waals surface area contributed by atoms with Crippen LogP contribution in [0.2, 0.25) is 0 Å². The predicted octanol–water partition coefficient (Wildman–Crippen LogP) is 3.31. The summed E-state index contributed by atoms with van der Waals surface area (Å²) in [6.45, 7) is 5.13. The summed E-state index contributed by atoms with van der Waals surface area (Å²) >= 11 is 0. The first-order valence-corrected chi connectivity index (χ1v) is 9.05. The molecule has 3 aromatic rings. The second-order valence-corrected chi connectivity index (χ2v) is 6.96. The molecule has 0 spiro atoms. The smallest absolute Gasteiger partial charge is 0.291 e. The number of benzene rings is 1. The molecule has 0 atom stereocenters. The zero-order valence-electron chi connectivity index (χ0n) is 15.4. The van der Waals surface area contributed by atoms with E-state index < -0.39 is 0 Å². The molecule has 1 saturated heterocycles. The van der Waals surface area contributed by atoms with Crippen molar-refractivity contribution in [2.24, 2.45) is 5.92 Å². The number of hydrogen-bond acceptors (Lipinski definition) is 7. The van der Waals surface area contributed by atoms with Crippen LogP contribution in [0.25, 0.3) is 11.0 Å². The fraction of sp³-hybridized carbons (Fsp3) is 0.421. The number of anilines is 1. The molecule has 3 heterocycles. The normalized spacial score (nSPS) is 15.9. The van der Waals surface area contributed by atoms with Gasteiger partial charge in [-0.1, -0.05) is 6.92 Å². The summed E-state index contributed by atoms with van der Waals surface area (Å²) in [6, 6.07) is 6.95. The SMILES string of the molecule is COc1ccc(NC(=O)c2ccc(CN3CCC(C)CC3)o2)c2nonc12. The summed E-state index contributed by atoms with van der Waals surface area (Å²) in [5.74, 6) is 2.02. The highest BCUT2D eigenvalue weighted by Crippen LogP contribution is 2.29. The lowest BCUT2D eigenvalue weighted by Crippen LogP contribution is -2.32. The first kappa shape index (κ1) is 17.5. The molecule has 0 radical (unpaired) electrons. The third-order valence-electron chi connectivity index (χ3n) is 4.99. The van der Waals surface area contributed by atoms with Crippen LogP contribution in [-0.4, -0.2) is 41.3 Å². The van der Waals surface area contributed by atoms with Gasteiger partial charge in [0.05, 0.1) is 19.3 Å². The van der Waals surface area contributed by atoms with E-state index in [1.165, 1.54) is 20.0 Å². The van der Waals surface area contributed by atoms with Crippen molar-refractivity contribution in [1.29, 1.82) is 0 Å².